The zero-order valence-electron chi connectivity index (χ0n) is 10.7. The van der Waals surface area contributed by atoms with E-state index in [9.17, 15) is 9.90 Å². The minimum atomic E-state index is -0.180. The smallest absolute Gasteiger partial charge is 0.221 e. The lowest BCUT2D eigenvalue weighted by Gasteiger charge is -2.13. The fraction of sp³-hybridized carbons (Fsp3) is 0.214. The van der Waals surface area contributed by atoms with Crippen molar-refractivity contribution in [1.82, 2.24) is 0 Å². The molecule has 0 saturated heterocycles. The molecule has 1 amide bonds. The van der Waals surface area contributed by atoms with Gasteiger partial charge >= 0.3 is 0 Å². The lowest BCUT2D eigenvalue weighted by atomic mass is 10.0. The first-order valence-corrected chi connectivity index (χ1v) is 5.70. The number of hydrogen-bond acceptors (Lipinski definition) is 3. The summed E-state index contributed by atoms with van der Waals surface area (Å²) in [7, 11) is 0. The number of rotatable bonds is 1. The second-order valence-electron chi connectivity index (χ2n) is 4.55. The lowest BCUT2D eigenvalue weighted by Crippen LogP contribution is -2.07. The van der Waals surface area contributed by atoms with E-state index in [1.165, 1.54) is 6.92 Å². The Morgan fingerprint density at radius 3 is 2.56 bits per heavy atom. The summed E-state index contributed by atoms with van der Waals surface area (Å²) in [5, 5.41) is 14.3. The van der Waals surface area contributed by atoms with Gasteiger partial charge in [0, 0.05) is 12.3 Å². The number of nitrogens with two attached hydrogens (primary N) is 1. The van der Waals surface area contributed by atoms with Gasteiger partial charge in [-0.3, -0.25) is 4.79 Å². The molecule has 0 heterocycles. The Kier molecular flexibility index (Phi) is 2.87. The molecule has 0 unspecified atom stereocenters. The van der Waals surface area contributed by atoms with Crippen LogP contribution in [0.1, 0.15) is 18.1 Å². The number of carbonyl (C=O) groups is 1. The molecule has 0 saturated carbocycles. The van der Waals surface area contributed by atoms with E-state index < -0.39 is 0 Å². The molecule has 0 spiro atoms. The van der Waals surface area contributed by atoms with Gasteiger partial charge in [0.1, 0.15) is 5.75 Å². The highest BCUT2D eigenvalue weighted by molar-refractivity contribution is 6.07. The van der Waals surface area contributed by atoms with Crippen LogP contribution in [0.4, 0.5) is 11.4 Å². The van der Waals surface area contributed by atoms with Crippen molar-refractivity contribution in [2.75, 3.05) is 11.1 Å². The van der Waals surface area contributed by atoms with Crippen LogP contribution in [0.3, 0.4) is 0 Å². The molecule has 0 aliphatic heterocycles. The van der Waals surface area contributed by atoms with Gasteiger partial charge in [-0.2, -0.15) is 0 Å². The SMILES string of the molecule is CC(=O)Nc1cc(C)cc2cc(C)c(N)c(O)c12. The van der Waals surface area contributed by atoms with Crippen LogP contribution in [-0.4, -0.2) is 11.0 Å². The maximum Gasteiger partial charge on any atom is 0.221 e. The minimum Gasteiger partial charge on any atom is -0.505 e. The Morgan fingerprint density at radius 1 is 1.28 bits per heavy atom. The summed E-state index contributed by atoms with van der Waals surface area (Å²) in [6, 6.07) is 5.67. The number of aryl methyl sites for hydroxylation is 2. The van der Waals surface area contributed by atoms with E-state index in [0.29, 0.717) is 16.8 Å². The second-order valence-corrected chi connectivity index (χ2v) is 4.55. The summed E-state index contributed by atoms with van der Waals surface area (Å²) in [6.45, 7) is 5.21. The zero-order valence-corrected chi connectivity index (χ0v) is 10.7. The molecule has 0 aromatic heterocycles. The van der Waals surface area contributed by atoms with Crippen LogP contribution < -0.4 is 11.1 Å². The number of anilines is 2. The first-order valence-electron chi connectivity index (χ1n) is 5.70. The van der Waals surface area contributed by atoms with E-state index in [-0.39, 0.29) is 11.7 Å². The van der Waals surface area contributed by atoms with Gasteiger partial charge in [0.15, 0.2) is 0 Å². The van der Waals surface area contributed by atoms with Crippen LogP contribution in [-0.2, 0) is 4.79 Å². The van der Waals surface area contributed by atoms with Crippen LogP contribution in [0.2, 0.25) is 0 Å². The summed E-state index contributed by atoms with van der Waals surface area (Å²) >= 11 is 0. The monoisotopic (exact) mass is 244 g/mol. The molecule has 2 rings (SSSR count). The number of carbonyl (C=O) groups excluding carboxylic acids is 1. The average Bonchev–Trinajstić information content (AvgIpc) is 2.24. The van der Waals surface area contributed by atoms with Gasteiger partial charge in [0.25, 0.3) is 0 Å². The lowest BCUT2D eigenvalue weighted by molar-refractivity contribution is -0.114. The van der Waals surface area contributed by atoms with Gasteiger partial charge in [-0.1, -0.05) is 6.07 Å². The molecular weight excluding hydrogens is 228 g/mol. The molecule has 0 atom stereocenters. The van der Waals surface area contributed by atoms with E-state index in [2.05, 4.69) is 5.32 Å². The molecule has 4 heteroatoms. The zero-order chi connectivity index (χ0) is 13.4. The quantitative estimate of drug-likeness (QED) is 0.533. The van der Waals surface area contributed by atoms with Crippen LogP contribution in [0.15, 0.2) is 18.2 Å². The van der Waals surface area contributed by atoms with Crippen LogP contribution >= 0.6 is 0 Å². The van der Waals surface area contributed by atoms with Crippen LogP contribution in [0.25, 0.3) is 10.8 Å². The van der Waals surface area contributed by atoms with Gasteiger partial charge in [0.05, 0.1) is 11.4 Å². The highest BCUT2D eigenvalue weighted by Gasteiger charge is 2.12. The first-order chi connectivity index (χ1) is 8.40. The number of aromatic hydroxyl groups is 1. The molecule has 0 radical (unpaired) electrons. The number of phenolic OH excluding ortho intramolecular Hbond substituents is 1. The van der Waals surface area contributed by atoms with Crippen molar-refractivity contribution in [3.05, 3.63) is 29.3 Å². The van der Waals surface area contributed by atoms with Gasteiger partial charge < -0.3 is 16.2 Å². The second kappa shape index (κ2) is 4.22. The summed E-state index contributed by atoms with van der Waals surface area (Å²) in [5.41, 5.74) is 8.58. The normalized spacial score (nSPS) is 10.6. The Bertz CT molecular complexity index is 648. The summed E-state index contributed by atoms with van der Waals surface area (Å²) in [5.74, 6) is -0.158. The standard InChI is InChI=1S/C14H16N2O2/c1-7-4-10-6-8(2)13(15)14(18)12(10)11(5-7)16-9(3)17/h4-6,18H,15H2,1-3H3,(H,16,17). The van der Waals surface area contributed by atoms with Gasteiger partial charge in [0.2, 0.25) is 5.91 Å². The van der Waals surface area contributed by atoms with Crippen LogP contribution in [0.5, 0.6) is 5.75 Å². The minimum absolute atomic E-state index is 0.0220. The third-order valence-electron chi connectivity index (χ3n) is 2.91. The van der Waals surface area contributed by atoms with E-state index in [1.54, 1.807) is 0 Å². The fourth-order valence-corrected chi connectivity index (χ4v) is 2.11. The Hall–Kier alpha value is -2.23. The van der Waals surface area contributed by atoms with Crippen molar-refractivity contribution in [2.45, 2.75) is 20.8 Å². The molecular formula is C14H16N2O2. The number of amides is 1. The third-order valence-corrected chi connectivity index (χ3v) is 2.91. The van der Waals surface area contributed by atoms with Crippen molar-refractivity contribution >= 4 is 28.1 Å². The molecule has 0 bridgehead atoms. The molecule has 2 aromatic carbocycles. The van der Waals surface area contributed by atoms with Crippen LogP contribution in [0, 0.1) is 13.8 Å². The van der Waals surface area contributed by atoms with E-state index in [4.69, 9.17) is 5.73 Å². The maximum atomic E-state index is 11.2. The number of phenols is 1. The van der Waals surface area contributed by atoms with Crippen molar-refractivity contribution in [1.29, 1.82) is 0 Å². The molecule has 0 aliphatic rings. The molecule has 94 valence electrons. The molecule has 4 N–H and O–H groups in total. The fourth-order valence-electron chi connectivity index (χ4n) is 2.11. The van der Waals surface area contributed by atoms with Crippen molar-refractivity contribution in [3.8, 4) is 5.75 Å². The predicted octanol–water partition coefficient (Wildman–Crippen LogP) is 2.70. The van der Waals surface area contributed by atoms with Gasteiger partial charge in [-0.05, 0) is 42.5 Å². The summed E-state index contributed by atoms with van der Waals surface area (Å²) in [6.07, 6.45) is 0. The molecule has 18 heavy (non-hydrogen) atoms. The van der Waals surface area contributed by atoms with Crippen molar-refractivity contribution < 1.29 is 9.90 Å². The number of nitrogens with one attached hydrogen (secondary N) is 1. The van der Waals surface area contributed by atoms with E-state index in [0.717, 1.165) is 16.5 Å². The van der Waals surface area contributed by atoms with Crippen molar-refractivity contribution in [3.63, 3.8) is 0 Å². The maximum absolute atomic E-state index is 11.2. The summed E-state index contributed by atoms with van der Waals surface area (Å²) < 4.78 is 0. The van der Waals surface area contributed by atoms with E-state index >= 15 is 0 Å². The Labute approximate surface area is 105 Å². The number of fused-ring (bicyclic) bond motifs is 1. The van der Waals surface area contributed by atoms with Gasteiger partial charge in [-0.25, -0.2) is 0 Å². The number of benzene rings is 2. The Balaban J connectivity index is 2.84. The highest BCUT2D eigenvalue weighted by atomic mass is 16.3. The number of nitrogen functional groups attached to an aromatic ring is 1. The van der Waals surface area contributed by atoms with Gasteiger partial charge in [-0.15, -0.1) is 0 Å². The molecule has 2 aromatic rings. The molecule has 4 nitrogen and oxygen atoms in total. The van der Waals surface area contributed by atoms with E-state index in [1.807, 2.05) is 32.0 Å². The predicted molar refractivity (Wildman–Crippen MR) is 73.8 cm³/mol. The largest absolute Gasteiger partial charge is 0.505 e. The number of hydrogen-bond donors (Lipinski definition) is 3. The molecule has 0 aliphatic carbocycles. The summed E-state index contributed by atoms with van der Waals surface area (Å²) in [4.78, 5) is 11.2. The average molecular weight is 244 g/mol. The topological polar surface area (TPSA) is 75.4 Å². The van der Waals surface area contributed by atoms with Crippen molar-refractivity contribution in [2.24, 2.45) is 0 Å². The highest BCUT2D eigenvalue weighted by Crippen LogP contribution is 2.38. The first kappa shape index (κ1) is 12.2. The molecule has 0 fully saturated rings. The third kappa shape index (κ3) is 1.97. The Morgan fingerprint density at radius 2 is 1.94 bits per heavy atom.